The number of nitro benzene ring substituents is 1. The van der Waals surface area contributed by atoms with Gasteiger partial charge in [0.25, 0.3) is 5.69 Å². The van der Waals surface area contributed by atoms with Gasteiger partial charge in [0.05, 0.1) is 16.8 Å². The van der Waals surface area contributed by atoms with Crippen LogP contribution < -0.4 is 5.32 Å². The van der Waals surface area contributed by atoms with Gasteiger partial charge in [-0.15, -0.1) is 0 Å². The van der Waals surface area contributed by atoms with Gasteiger partial charge in [-0.3, -0.25) is 29.4 Å². The highest BCUT2D eigenvalue weighted by molar-refractivity contribution is 6.09. The van der Waals surface area contributed by atoms with Gasteiger partial charge in [-0.05, 0) is 30.7 Å². The zero-order valence-corrected chi connectivity index (χ0v) is 13.8. The molecule has 2 bridgehead atoms. The third kappa shape index (κ3) is 2.49. The zero-order chi connectivity index (χ0) is 18.4. The van der Waals surface area contributed by atoms with Crippen LogP contribution in [0.25, 0.3) is 0 Å². The molecule has 4 atom stereocenters. The predicted molar refractivity (Wildman–Crippen MR) is 90.8 cm³/mol. The van der Waals surface area contributed by atoms with Gasteiger partial charge >= 0.3 is 0 Å². The van der Waals surface area contributed by atoms with Gasteiger partial charge in [0.1, 0.15) is 12.2 Å². The number of carbonyl (C=O) groups excluding carboxylic acids is 3. The summed E-state index contributed by atoms with van der Waals surface area (Å²) in [6.07, 6.45) is 5.80. The lowest BCUT2D eigenvalue weighted by Crippen LogP contribution is -2.38. The first kappa shape index (κ1) is 16.4. The van der Waals surface area contributed by atoms with E-state index in [1.165, 1.54) is 18.2 Å². The number of allylic oxidation sites excluding steroid dienone is 2. The molecule has 1 saturated carbocycles. The molecular formula is C18H17N3O5. The van der Waals surface area contributed by atoms with E-state index in [0.29, 0.717) is 0 Å². The van der Waals surface area contributed by atoms with E-state index in [0.717, 1.165) is 17.7 Å². The maximum atomic E-state index is 12.7. The number of likely N-dealkylation sites (tertiary alicyclic amines) is 1. The highest BCUT2D eigenvalue weighted by Gasteiger charge is 2.56. The Bertz CT molecular complexity index is 817. The summed E-state index contributed by atoms with van der Waals surface area (Å²) in [5, 5.41) is 13.5. The number of para-hydroxylation sites is 2. The van der Waals surface area contributed by atoms with Gasteiger partial charge in [-0.25, -0.2) is 0 Å². The molecule has 134 valence electrons. The molecule has 8 nitrogen and oxygen atoms in total. The fourth-order valence-electron chi connectivity index (χ4n) is 4.36. The largest absolute Gasteiger partial charge is 0.319 e. The summed E-state index contributed by atoms with van der Waals surface area (Å²) in [5.41, 5.74) is -0.198. The molecule has 5 rings (SSSR count). The Morgan fingerprint density at radius 2 is 1.69 bits per heavy atom. The summed E-state index contributed by atoms with van der Waals surface area (Å²) in [6, 6.07) is 5.74. The highest BCUT2D eigenvalue weighted by atomic mass is 16.6. The van der Waals surface area contributed by atoms with Gasteiger partial charge in [0.2, 0.25) is 17.7 Å². The number of benzene rings is 1. The van der Waals surface area contributed by atoms with Crippen LogP contribution in [-0.2, 0) is 14.4 Å². The van der Waals surface area contributed by atoms with Crippen LogP contribution in [0.1, 0.15) is 12.8 Å². The Balaban J connectivity index is 1.50. The van der Waals surface area contributed by atoms with Gasteiger partial charge < -0.3 is 5.32 Å². The number of nitrogens with one attached hydrogen (secondary N) is 1. The third-order valence-corrected chi connectivity index (χ3v) is 5.53. The number of anilines is 1. The molecule has 1 aromatic rings. The van der Waals surface area contributed by atoms with Crippen LogP contribution in [0.5, 0.6) is 0 Å². The van der Waals surface area contributed by atoms with E-state index in [2.05, 4.69) is 5.32 Å². The van der Waals surface area contributed by atoms with Gasteiger partial charge in [0.15, 0.2) is 0 Å². The van der Waals surface area contributed by atoms with E-state index in [1.807, 2.05) is 12.2 Å². The molecule has 1 saturated heterocycles. The maximum Gasteiger partial charge on any atom is 0.292 e. The number of hydrogen-bond acceptors (Lipinski definition) is 5. The van der Waals surface area contributed by atoms with E-state index in [-0.39, 0.29) is 46.9 Å². The topological polar surface area (TPSA) is 110 Å². The SMILES string of the molecule is O=C(CN1C(=O)[C@@H]2[C@@H](C1=O)[C@H]1C=C[C@H]2CC1)Nc1ccccc1[N+](=O)[O-]. The normalized spacial score (nSPS) is 29.0. The lowest BCUT2D eigenvalue weighted by molar-refractivity contribution is -0.383. The Labute approximate surface area is 149 Å². The third-order valence-electron chi connectivity index (χ3n) is 5.53. The standard InChI is InChI=1S/C18H17N3O5/c22-14(19-12-3-1-2-4-13(12)21(25)26)9-20-17(23)15-10-5-6-11(8-7-10)16(15)18(20)24/h1-6,10-11,15-16H,7-9H2,(H,19,22)/t10-,11-,15-,16-/m0/s1. The van der Waals surface area contributed by atoms with E-state index < -0.39 is 17.4 Å². The molecule has 4 aliphatic rings. The smallest absolute Gasteiger partial charge is 0.292 e. The second-order valence-corrected chi connectivity index (χ2v) is 6.93. The maximum absolute atomic E-state index is 12.7. The first-order valence-corrected chi connectivity index (χ1v) is 8.54. The second kappa shape index (κ2) is 6.05. The fraction of sp³-hybridized carbons (Fsp3) is 0.389. The number of fused-ring (bicyclic) bond motifs is 1. The van der Waals surface area contributed by atoms with Gasteiger partial charge in [-0.2, -0.15) is 0 Å². The Morgan fingerprint density at radius 1 is 1.12 bits per heavy atom. The number of imide groups is 1. The molecule has 0 radical (unpaired) electrons. The molecule has 1 heterocycles. The van der Waals surface area contributed by atoms with Crippen molar-refractivity contribution in [2.24, 2.45) is 23.7 Å². The summed E-state index contributed by atoms with van der Waals surface area (Å²) in [7, 11) is 0. The molecule has 0 spiro atoms. The van der Waals surface area contributed by atoms with Crippen molar-refractivity contribution < 1.29 is 19.3 Å². The molecule has 3 amide bonds. The molecule has 1 aromatic carbocycles. The Hall–Kier alpha value is -3.03. The van der Waals surface area contributed by atoms with Crippen LogP contribution in [0.3, 0.4) is 0 Å². The van der Waals surface area contributed by atoms with Crippen LogP contribution >= 0.6 is 0 Å². The van der Waals surface area contributed by atoms with Crippen LogP contribution in [0.4, 0.5) is 11.4 Å². The number of nitro groups is 1. The van der Waals surface area contributed by atoms with E-state index in [4.69, 9.17) is 0 Å². The lowest BCUT2D eigenvalue weighted by atomic mass is 9.63. The number of hydrogen-bond donors (Lipinski definition) is 1. The summed E-state index contributed by atoms with van der Waals surface area (Å²) < 4.78 is 0. The molecule has 0 unspecified atom stereocenters. The molecule has 2 fully saturated rings. The van der Waals surface area contributed by atoms with Gasteiger partial charge in [0, 0.05) is 6.07 Å². The van der Waals surface area contributed by atoms with Crippen LogP contribution in [0, 0.1) is 33.8 Å². The monoisotopic (exact) mass is 355 g/mol. The first-order valence-electron chi connectivity index (χ1n) is 8.54. The molecule has 1 aliphatic heterocycles. The minimum absolute atomic E-state index is 0.0424. The summed E-state index contributed by atoms with van der Waals surface area (Å²) in [5.74, 6) is -1.86. The summed E-state index contributed by atoms with van der Waals surface area (Å²) in [6.45, 7) is -0.420. The molecule has 0 aromatic heterocycles. The average Bonchev–Trinajstić information content (AvgIpc) is 2.90. The van der Waals surface area contributed by atoms with Crippen molar-refractivity contribution in [3.05, 3.63) is 46.5 Å². The zero-order valence-electron chi connectivity index (χ0n) is 13.8. The van der Waals surface area contributed by atoms with Crippen molar-refractivity contribution in [2.45, 2.75) is 12.8 Å². The van der Waals surface area contributed by atoms with Gasteiger partial charge in [-0.1, -0.05) is 24.3 Å². The van der Waals surface area contributed by atoms with Crippen molar-refractivity contribution in [2.75, 3.05) is 11.9 Å². The minimum atomic E-state index is -0.625. The van der Waals surface area contributed by atoms with E-state index in [1.54, 1.807) is 6.07 Å². The Morgan fingerprint density at radius 3 is 2.23 bits per heavy atom. The molecule has 1 N–H and O–H groups in total. The average molecular weight is 355 g/mol. The summed E-state index contributed by atoms with van der Waals surface area (Å²) >= 11 is 0. The minimum Gasteiger partial charge on any atom is -0.319 e. The molecular weight excluding hydrogens is 338 g/mol. The van der Waals surface area contributed by atoms with Crippen molar-refractivity contribution >= 4 is 29.1 Å². The molecule has 8 heteroatoms. The predicted octanol–water partition coefficient (Wildman–Crippen LogP) is 1.73. The van der Waals surface area contributed by atoms with Crippen molar-refractivity contribution in [1.29, 1.82) is 0 Å². The van der Waals surface area contributed by atoms with Crippen molar-refractivity contribution in [3.8, 4) is 0 Å². The second-order valence-electron chi connectivity index (χ2n) is 6.93. The number of amides is 3. The quantitative estimate of drug-likeness (QED) is 0.383. The Kier molecular flexibility index (Phi) is 3.82. The number of nitrogens with zero attached hydrogens (tertiary/aromatic N) is 2. The summed E-state index contributed by atoms with van der Waals surface area (Å²) in [4.78, 5) is 49.1. The van der Waals surface area contributed by atoms with Crippen molar-refractivity contribution in [3.63, 3.8) is 0 Å². The van der Waals surface area contributed by atoms with Crippen LogP contribution in [0.15, 0.2) is 36.4 Å². The highest BCUT2D eigenvalue weighted by Crippen LogP contribution is 2.49. The van der Waals surface area contributed by atoms with Crippen LogP contribution in [0.2, 0.25) is 0 Å². The number of rotatable bonds is 4. The lowest BCUT2D eigenvalue weighted by Gasteiger charge is -2.38. The first-order chi connectivity index (χ1) is 12.5. The molecule has 3 aliphatic carbocycles. The fourth-order valence-corrected chi connectivity index (χ4v) is 4.36. The molecule has 26 heavy (non-hydrogen) atoms. The number of carbonyl (C=O) groups is 3. The van der Waals surface area contributed by atoms with E-state index >= 15 is 0 Å². The van der Waals surface area contributed by atoms with Crippen LogP contribution in [-0.4, -0.2) is 34.1 Å². The van der Waals surface area contributed by atoms with E-state index in [9.17, 15) is 24.5 Å². The van der Waals surface area contributed by atoms with Crippen molar-refractivity contribution in [1.82, 2.24) is 4.90 Å².